The van der Waals surface area contributed by atoms with Gasteiger partial charge in [-0.25, -0.2) is 9.97 Å². The molecule has 2 N–H and O–H groups in total. The van der Waals surface area contributed by atoms with Gasteiger partial charge in [0, 0.05) is 12.4 Å². The summed E-state index contributed by atoms with van der Waals surface area (Å²) in [6.45, 7) is 4.06. The molecule has 0 aromatic carbocycles. The maximum absolute atomic E-state index is 10.6. The molecule has 0 saturated carbocycles. The number of hydrogen-bond acceptors (Lipinski definition) is 3. The van der Waals surface area contributed by atoms with E-state index < -0.39 is 5.91 Å². The molecule has 1 aromatic rings. The molecule has 0 radical (unpaired) electrons. The Kier molecular flexibility index (Phi) is 2.38. The Hall–Kier alpha value is -1.45. The van der Waals surface area contributed by atoms with E-state index in [4.69, 9.17) is 5.73 Å². The van der Waals surface area contributed by atoms with Crippen molar-refractivity contribution >= 4 is 5.91 Å². The maximum Gasteiger partial charge on any atom is 0.286 e. The van der Waals surface area contributed by atoms with Crippen LogP contribution in [0.25, 0.3) is 0 Å². The summed E-state index contributed by atoms with van der Waals surface area (Å²) in [5.41, 5.74) is 5.98. The average molecular weight is 165 g/mol. The van der Waals surface area contributed by atoms with Crippen LogP contribution in [0.2, 0.25) is 0 Å². The van der Waals surface area contributed by atoms with Crippen LogP contribution in [0.5, 0.6) is 0 Å². The zero-order valence-electron chi connectivity index (χ0n) is 7.11. The van der Waals surface area contributed by atoms with Crippen molar-refractivity contribution in [1.82, 2.24) is 9.97 Å². The van der Waals surface area contributed by atoms with E-state index in [1.165, 1.54) is 0 Å². The summed E-state index contributed by atoms with van der Waals surface area (Å²) in [5, 5.41) is 0. The molecule has 0 spiro atoms. The van der Waals surface area contributed by atoms with E-state index in [1.807, 2.05) is 13.8 Å². The van der Waals surface area contributed by atoms with Crippen LogP contribution < -0.4 is 5.73 Å². The lowest BCUT2D eigenvalue weighted by molar-refractivity contribution is 0.0990. The van der Waals surface area contributed by atoms with Crippen molar-refractivity contribution in [3.8, 4) is 0 Å². The highest BCUT2D eigenvalue weighted by atomic mass is 16.1. The normalized spacial score (nSPS) is 10.2. The lowest BCUT2D eigenvalue weighted by Crippen LogP contribution is -2.15. The monoisotopic (exact) mass is 165 g/mol. The molecule has 64 valence electrons. The van der Waals surface area contributed by atoms with Crippen molar-refractivity contribution in [2.45, 2.75) is 19.8 Å². The highest BCUT2D eigenvalue weighted by Crippen LogP contribution is 2.10. The van der Waals surface area contributed by atoms with E-state index in [0.717, 1.165) is 5.56 Å². The van der Waals surface area contributed by atoms with E-state index in [1.54, 1.807) is 12.4 Å². The maximum atomic E-state index is 10.6. The van der Waals surface area contributed by atoms with Crippen LogP contribution in [0, 0.1) is 0 Å². The minimum absolute atomic E-state index is 0.0689. The molecule has 0 aliphatic carbocycles. The summed E-state index contributed by atoms with van der Waals surface area (Å²) in [4.78, 5) is 18.2. The fraction of sp³-hybridized carbons (Fsp3) is 0.375. The smallest absolute Gasteiger partial charge is 0.286 e. The molecule has 1 heterocycles. The lowest BCUT2D eigenvalue weighted by atomic mass is 10.1. The minimum atomic E-state index is -0.592. The van der Waals surface area contributed by atoms with Crippen molar-refractivity contribution in [3.63, 3.8) is 0 Å². The zero-order chi connectivity index (χ0) is 9.14. The van der Waals surface area contributed by atoms with Gasteiger partial charge >= 0.3 is 0 Å². The third kappa shape index (κ3) is 1.78. The Labute approximate surface area is 70.8 Å². The summed E-state index contributed by atoms with van der Waals surface area (Å²) >= 11 is 0. The van der Waals surface area contributed by atoms with Crippen LogP contribution in [0.3, 0.4) is 0 Å². The number of carbonyl (C=O) groups excluding carboxylic acids is 1. The molecule has 12 heavy (non-hydrogen) atoms. The molecule has 1 rings (SSSR count). The third-order valence-corrected chi connectivity index (χ3v) is 1.56. The zero-order valence-corrected chi connectivity index (χ0v) is 7.11. The van der Waals surface area contributed by atoms with Crippen LogP contribution in [0.15, 0.2) is 12.4 Å². The van der Waals surface area contributed by atoms with E-state index >= 15 is 0 Å². The number of rotatable bonds is 2. The molecule has 0 saturated heterocycles. The van der Waals surface area contributed by atoms with E-state index in [-0.39, 0.29) is 5.82 Å². The molecule has 0 bridgehead atoms. The Morgan fingerprint density at radius 2 is 1.92 bits per heavy atom. The van der Waals surface area contributed by atoms with Crippen molar-refractivity contribution < 1.29 is 4.79 Å². The average Bonchev–Trinajstić information content (AvgIpc) is 2.04. The van der Waals surface area contributed by atoms with Gasteiger partial charge in [0.15, 0.2) is 0 Å². The van der Waals surface area contributed by atoms with Gasteiger partial charge in [-0.2, -0.15) is 0 Å². The first-order chi connectivity index (χ1) is 5.61. The second kappa shape index (κ2) is 3.30. The fourth-order valence-electron chi connectivity index (χ4n) is 0.763. The second-order valence-electron chi connectivity index (χ2n) is 2.86. The predicted octanol–water partition coefficient (Wildman–Crippen LogP) is 0.699. The van der Waals surface area contributed by atoms with Gasteiger partial charge in [0.25, 0.3) is 5.91 Å². The highest BCUT2D eigenvalue weighted by molar-refractivity contribution is 5.88. The second-order valence-corrected chi connectivity index (χ2v) is 2.86. The van der Waals surface area contributed by atoms with Crippen LogP contribution >= 0.6 is 0 Å². The van der Waals surface area contributed by atoms with Gasteiger partial charge < -0.3 is 5.73 Å². The Morgan fingerprint density at radius 1 is 1.42 bits per heavy atom. The Bertz CT molecular complexity index is 279. The number of nitrogens with two attached hydrogens (primary N) is 1. The molecule has 0 fully saturated rings. The van der Waals surface area contributed by atoms with E-state index in [2.05, 4.69) is 9.97 Å². The van der Waals surface area contributed by atoms with Crippen LogP contribution in [0.4, 0.5) is 0 Å². The standard InChI is InChI=1S/C8H11N3O/c1-5(2)6-3-10-8(7(9)12)11-4-6/h3-5H,1-2H3,(H2,9,12). The summed E-state index contributed by atoms with van der Waals surface area (Å²) in [7, 11) is 0. The van der Waals surface area contributed by atoms with Gasteiger partial charge in [0.1, 0.15) is 0 Å². The summed E-state index contributed by atoms with van der Waals surface area (Å²) in [5.74, 6) is -0.156. The molecular weight excluding hydrogens is 154 g/mol. The summed E-state index contributed by atoms with van der Waals surface area (Å²) in [6.07, 6.45) is 3.25. The predicted molar refractivity (Wildman–Crippen MR) is 44.6 cm³/mol. The van der Waals surface area contributed by atoms with Gasteiger partial charge in [-0.15, -0.1) is 0 Å². The van der Waals surface area contributed by atoms with Crippen molar-refractivity contribution in [2.75, 3.05) is 0 Å². The van der Waals surface area contributed by atoms with Crippen LogP contribution in [-0.4, -0.2) is 15.9 Å². The van der Waals surface area contributed by atoms with Crippen molar-refractivity contribution in [3.05, 3.63) is 23.8 Å². The Balaban J connectivity index is 2.93. The molecule has 4 nitrogen and oxygen atoms in total. The van der Waals surface area contributed by atoms with Gasteiger partial charge in [-0.1, -0.05) is 13.8 Å². The first-order valence-corrected chi connectivity index (χ1v) is 3.73. The largest absolute Gasteiger partial charge is 0.363 e. The summed E-state index contributed by atoms with van der Waals surface area (Å²) < 4.78 is 0. The first-order valence-electron chi connectivity index (χ1n) is 3.73. The summed E-state index contributed by atoms with van der Waals surface area (Å²) in [6, 6.07) is 0. The molecule has 0 atom stereocenters. The Morgan fingerprint density at radius 3 is 2.25 bits per heavy atom. The quantitative estimate of drug-likeness (QED) is 0.701. The number of primary amides is 1. The minimum Gasteiger partial charge on any atom is -0.363 e. The number of amides is 1. The van der Waals surface area contributed by atoms with Gasteiger partial charge in [0.2, 0.25) is 5.82 Å². The van der Waals surface area contributed by atoms with Gasteiger partial charge in [0.05, 0.1) is 0 Å². The van der Waals surface area contributed by atoms with E-state index in [9.17, 15) is 4.79 Å². The number of nitrogens with zero attached hydrogens (tertiary/aromatic N) is 2. The van der Waals surface area contributed by atoms with Crippen molar-refractivity contribution in [2.24, 2.45) is 5.73 Å². The molecule has 0 unspecified atom stereocenters. The molecule has 1 aromatic heterocycles. The molecule has 0 aliphatic heterocycles. The fourth-order valence-corrected chi connectivity index (χ4v) is 0.763. The van der Waals surface area contributed by atoms with Crippen LogP contribution in [0.1, 0.15) is 35.9 Å². The van der Waals surface area contributed by atoms with E-state index in [0.29, 0.717) is 5.92 Å². The molecule has 1 amide bonds. The number of aromatic nitrogens is 2. The SMILES string of the molecule is CC(C)c1cnc(C(N)=O)nc1. The number of hydrogen-bond donors (Lipinski definition) is 1. The first kappa shape index (κ1) is 8.64. The highest BCUT2D eigenvalue weighted by Gasteiger charge is 2.04. The van der Waals surface area contributed by atoms with Crippen molar-refractivity contribution in [1.29, 1.82) is 0 Å². The van der Waals surface area contributed by atoms with Gasteiger partial charge in [-0.3, -0.25) is 4.79 Å². The van der Waals surface area contributed by atoms with Crippen LogP contribution in [-0.2, 0) is 0 Å². The molecule has 4 heteroatoms. The third-order valence-electron chi connectivity index (χ3n) is 1.56. The topological polar surface area (TPSA) is 68.9 Å². The van der Waals surface area contributed by atoms with Gasteiger partial charge in [-0.05, 0) is 11.5 Å². The lowest BCUT2D eigenvalue weighted by Gasteiger charge is -2.02. The molecular formula is C8H11N3O. The number of carbonyl (C=O) groups is 1. The molecule has 0 aliphatic rings.